The molecule has 2 rings (SSSR count). The fourth-order valence-corrected chi connectivity index (χ4v) is 2.08. The minimum absolute atomic E-state index is 0. The van der Waals surface area contributed by atoms with E-state index >= 15 is 0 Å². The molecule has 2 aromatic carbocycles. The lowest BCUT2D eigenvalue weighted by molar-refractivity contribution is 0.0930. The van der Waals surface area contributed by atoms with E-state index in [1.807, 2.05) is 43.3 Å². The Kier molecular flexibility index (Phi) is 9.33. The fourth-order valence-electron chi connectivity index (χ4n) is 2.08. The molecular weight excluding hydrogens is 308 g/mol. The topological polar surface area (TPSA) is 12.0 Å². The Morgan fingerprint density at radius 2 is 1.19 bits per heavy atom. The molecule has 0 aliphatic heterocycles. The van der Waals surface area contributed by atoms with E-state index in [0.29, 0.717) is 5.56 Å². The van der Waals surface area contributed by atoms with Crippen molar-refractivity contribution in [2.24, 2.45) is 0 Å². The average Bonchev–Trinajstić information content (AvgIpc) is 2.46. The number of hydrogen-bond donors (Lipinski definition) is 1. The summed E-state index contributed by atoms with van der Waals surface area (Å²) < 4.78 is 26.4. The molecule has 1 nitrogen and oxygen atoms in total. The minimum atomic E-state index is -2.44. The average molecular weight is 329 g/mol. The molecule has 116 valence electrons. The van der Waals surface area contributed by atoms with Gasteiger partial charge in [-0.05, 0) is 18.1 Å². The first kappa shape index (κ1) is 20.0. The van der Waals surface area contributed by atoms with E-state index in [1.165, 1.54) is 0 Å². The third-order valence-electron chi connectivity index (χ3n) is 3.14. The third kappa shape index (κ3) is 5.69. The standard InChI is InChI=1S/C16H17F2N.2H2S/c1-12(13-8-4-2-5-9-13)19-15(16(17)18)14-10-6-3-7-11-14;;/h2-12,15-16,19H,1H3;2*1H2/t12-,15-;;/m0../s1. The first-order valence-electron chi connectivity index (χ1n) is 6.32. The lowest BCUT2D eigenvalue weighted by Gasteiger charge is -2.23. The van der Waals surface area contributed by atoms with Crippen molar-refractivity contribution in [1.29, 1.82) is 0 Å². The predicted octanol–water partition coefficient (Wildman–Crippen LogP) is 4.57. The largest absolute Gasteiger partial charge is 0.299 e. The van der Waals surface area contributed by atoms with Gasteiger partial charge in [-0.1, -0.05) is 60.7 Å². The van der Waals surface area contributed by atoms with Crippen LogP contribution in [-0.2, 0) is 0 Å². The summed E-state index contributed by atoms with van der Waals surface area (Å²) in [4.78, 5) is 0. The Morgan fingerprint density at radius 1 is 0.762 bits per heavy atom. The second-order valence-corrected chi connectivity index (χ2v) is 4.52. The Labute approximate surface area is 138 Å². The highest BCUT2D eigenvalue weighted by Gasteiger charge is 2.23. The summed E-state index contributed by atoms with van der Waals surface area (Å²) in [6.45, 7) is 1.90. The van der Waals surface area contributed by atoms with E-state index in [2.05, 4.69) is 5.32 Å². The van der Waals surface area contributed by atoms with Crippen molar-refractivity contribution in [1.82, 2.24) is 5.32 Å². The van der Waals surface area contributed by atoms with Crippen LogP contribution in [0.15, 0.2) is 60.7 Å². The molecule has 0 saturated heterocycles. The Hall–Kier alpha value is -1.04. The monoisotopic (exact) mass is 329 g/mol. The first-order chi connectivity index (χ1) is 9.18. The molecular formula is C16H21F2NS2. The van der Waals surface area contributed by atoms with Gasteiger partial charge in [0.25, 0.3) is 6.43 Å². The van der Waals surface area contributed by atoms with E-state index in [9.17, 15) is 8.78 Å². The van der Waals surface area contributed by atoms with Gasteiger partial charge < -0.3 is 0 Å². The van der Waals surface area contributed by atoms with Crippen molar-refractivity contribution < 1.29 is 8.78 Å². The molecule has 0 spiro atoms. The fraction of sp³-hybridized carbons (Fsp3) is 0.250. The Balaban J connectivity index is 0.00000200. The molecule has 2 atom stereocenters. The van der Waals surface area contributed by atoms with Crippen LogP contribution >= 0.6 is 27.0 Å². The zero-order valence-electron chi connectivity index (χ0n) is 11.8. The van der Waals surface area contributed by atoms with E-state index in [0.717, 1.165) is 5.56 Å². The lowest BCUT2D eigenvalue weighted by atomic mass is 10.0. The highest BCUT2D eigenvalue weighted by molar-refractivity contribution is 7.59. The van der Waals surface area contributed by atoms with E-state index < -0.39 is 12.5 Å². The maximum Gasteiger partial charge on any atom is 0.257 e. The molecule has 0 unspecified atom stereocenters. The molecule has 0 aromatic heterocycles. The summed E-state index contributed by atoms with van der Waals surface area (Å²) in [6.07, 6.45) is -2.44. The van der Waals surface area contributed by atoms with Crippen molar-refractivity contribution in [3.8, 4) is 0 Å². The molecule has 0 fully saturated rings. The van der Waals surface area contributed by atoms with E-state index in [1.54, 1.807) is 24.3 Å². The van der Waals surface area contributed by atoms with Crippen LogP contribution < -0.4 is 5.32 Å². The van der Waals surface area contributed by atoms with Crippen LogP contribution in [0.2, 0.25) is 0 Å². The van der Waals surface area contributed by atoms with Crippen LogP contribution in [0, 0.1) is 0 Å². The van der Waals surface area contributed by atoms with E-state index in [-0.39, 0.29) is 33.0 Å². The Bertz CT molecular complexity index is 494. The quantitative estimate of drug-likeness (QED) is 0.847. The minimum Gasteiger partial charge on any atom is -0.299 e. The summed E-state index contributed by atoms with van der Waals surface area (Å²) in [5.74, 6) is 0. The van der Waals surface area contributed by atoms with Gasteiger partial charge in [-0.25, -0.2) is 8.78 Å². The molecule has 0 aliphatic rings. The molecule has 0 bridgehead atoms. The molecule has 5 heteroatoms. The first-order valence-corrected chi connectivity index (χ1v) is 6.32. The smallest absolute Gasteiger partial charge is 0.257 e. The molecule has 0 radical (unpaired) electrons. The van der Waals surface area contributed by atoms with Crippen LogP contribution in [0.4, 0.5) is 8.78 Å². The van der Waals surface area contributed by atoms with Crippen molar-refractivity contribution >= 4 is 27.0 Å². The summed E-state index contributed by atoms with van der Waals surface area (Å²) in [5.41, 5.74) is 1.62. The summed E-state index contributed by atoms with van der Waals surface area (Å²) >= 11 is 0. The zero-order chi connectivity index (χ0) is 13.7. The number of halogens is 2. The van der Waals surface area contributed by atoms with Crippen molar-refractivity contribution in [3.63, 3.8) is 0 Å². The van der Waals surface area contributed by atoms with Gasteiger partial charge in [0.2, 0.25) is 0 Å². The molecule has 0 amide bonds. The summed E-state index contributed by atoms with van der Waals surface area (Å²) in [6, 6.07) is 17.4. The van der Waals surface area contributed by atoms with Crippen LogP contribution in [0.3, 0.4) is 0 Å². The van der Waals surface area contributed by atoms with Gasteiger partial charge in [-0.2, -0.15) is 27.0 Å². The maximum absolute atomic E-state index is 13.2. The van der Waals surface area contributed by atoms with Gasteiger partial charge in [0, 0.05) is 6.04 Å². The highest BCUT2D eigenvalue weighted by atomic mass is 32.1. The van der Waals surface area contributed by atoms with Gasteiger partial charge in [0.05, 0.1) is 6.04 Å². The maximum atomic E-state index is 13.2. The summed E-state index contributed by atoms with van der Waals surface area (Å²) in [5, 5.41) is 3.00. The van der Waals surface area contributed by atoms with Gasteiger partial charge in [-0.3, -0.25) is 5.32 Å². The molecule has 1 N–H and O–H groups in total. The van der Waals surface area contributed by atoms with Crippen molar-refractivity contribution in [3.05, 3.63) is 71.8 Å². The molecule has 2 aromatic rings. The number of rotatable bonds is 5. The van der Waals surface area contributed by atoms with E-state index in [4.69, 9.17) is 0 Å². The third-order valence-corrected chi connectivity index (χ3v) is 3.14. The van der Waals surface area contributed by atoms with Crippen LogP contribution in [-0.4, -0.2) is 6.43 Å². The van der Waals surface area contributed by atoms with Gasteiger partial charge in [-0.15, -0.1) is 0 Å². The van der Waals surface area contributed by atoms with Crippen LogP contribution in [0.5, 0.6) is 0 Å². The number of benzene rings is 2. The van der Waals surface area contributed by atoms with Crippen molar-refractivity contribution in [2.75, 3.05) is 0 Å². The normalized spacial score (nSPS) is 13.0. The molecule has 0 saturated carbocycles. The lowest BCUT2D eigenvalue weighted by Crippen LogP contribution is -2.29. The van der Waals surface area contributed by atoms with Crippen LogP contribution in [0.25, 0.3) is 0 Å². The number of hydrogen-bond acceptors (Lipinski definition) is 1. The second-order valence-electron chi connectivity index (χ2n) is 4.52. The van der Waals surface area contributed by atoms with Crippen LogP contribution in [0.1, 0.15) is 30.1 Å². The molecule has 0 heterocycles. The van der Waals surface area contributed by atoms with Crippen molar-refractivity contribution in [2.45, 2.75) is 25.4 Å². The number of nitrogens with one attached hydrogen (secondary N) is 1. The predicted molar refractivity (Wildman–Crippen MR) is 93.9 cm³/mol. The number of alkyl halides is 2. The molecule has 21 heavy (non-hydrogen) atoms. The zero-order valence-corrected chi connectivity index (χ0v) is 13.8. The SMILES string of the molecule is C[C@H](N[C@@H](c1ccccc1)C(F)F)c1ccccc1.S.S. The Morgan fingerprint density at radius 3 is 1.62 bits per heavy atom. The van der Waals surface area contributed by atoms with Gasteiger partial charge in [0.1, 0.15) is 0 Å². The summed E-state index contributed by atoms with van der Waals surface area (Å²) in [7, 11) is 0. The van der Waals surface area contributed by atoms with Gasteiger partial charge >= 0.3 is 0 Å². The highest BCUT2D eigenvalue weighted by Crippen LogP contribution is 2.24. The molecule has 0 aliphatic carbocycles. The second kappa shape index (κ2) is 9.82. The van der Waals surface area contributed by atoms with Gasteiger partial charge in [0.15, 0.2) is 0 Å².